The topological polar surface area (TPSA) is 69.6 Å². The van der Waals surface area contributed by atoms with Crippen LogP contribution in [0.25, 0.3) is 6.08 Å². The van der Waals surface area contributed by atoms with Gasteiger partial charge in [-0.1, -0.05) is 89.8 Å². The summed E-state index contributed by atoms with van der Waals surface area (Å²) in [7, 11) is -4.51. The lowest BCUT2D eigenvalue weighted by atomic mass is 10.1. The van der Waals surface area contributed by atoms with Gasteiger partial charge in [0.1, 0.15) is 0 Å². The zero-order valence-electron chi connectivity index (χ0n) is 20.1. The van der Waals surface area contributed by atoms with Gasteiger partial charge in [0.05, 0.1) is 26.2 Å². The predicted molar refractivity (Wildman–Crippen MR) is 133 cm³/mol. The van der Waals surface area contributed by atoms with Gasteiger partial charge in [-0.15, -0.1) is 0 Å². The standard InChI is InChI=1S/C16H36N.C9H9NO3S/c1-5-9-13-17(14-10-6-2,15-11-7-3)16-12-8-4;11-14(12,13)10-8-4-7-9-5-2-1-3-6-9/h5-16H2,1-4H3;1-8H,(H,11,12,13)/q+1;/p-1/b;7-4+,10-8?. The van der Waals surface area contributed by atoms with Crippen LogP contribution in [0.1, 0.15) is 84.6 Å². The Morgan fingerprint density at radius 1 is 0.806 bits per heavy atom. The summed E-state index contributed by atoms with van der Waals surface area (Å²) in [6.45, 7) is 15.0. The van der Waals surface area contributed by atoms with Crippen LogP contribution in [-0.4, -0.2) is 49.8 Å². The van der Waals surface area contributed by atoms with Gasteiger partial charge >= 0.3 is 0 Å². The summed E-state index contributed by atoms with van der Waals surface area (Å²) in [5, 5.41) is 0. The number of benzene rings is 1. The molecular formula is C25H44N2O3S. The summed E-state index contributed by atoms with van der Waals surface area (Å²) < 4.78 is 34.4. The smallest absolute Gasteiger partial charge is 0.202 e. The molecule has 178 valence electrons. The van der Waals surface area contributed by atoms with Gasteiger partial charge < -0.3 is 9.04 Å². The normalized spacial score (nSPS) is 12.3. The SMILES string of the molecule is CCCC[N+](CCCC)(CCCC)CCCC.O=S(=O)([O-])N=C/C=C/c1ccccc1. The largest absolute Gasteiger partial charge is 0.730 e. The summed E-state index contributed by atoms with van der Waals surface area (Å²) in [6, 6.07) is 9.25. The highest BCUT2D eigenvalue weighted by Gasteiger charge is 2.24. The molecule has 0 spiro atoms. The highest BCUT2D eigenvalue weighted by atomic mass is 32.2. The lowest BCUT2D eigenvalue weighted by Gasteiger charge is -2.39. The minimum atomic E-state index is -4.51. The maximum absolute atomic E-state index is 10.1. The zero-order valence-corrected chi connectivity index (χ0v) is 20.9. The quantitative estimate of drug-likeness (QED) is 0.180. The Morgan fingerprint density at radius 2 is 1.23 bits per heavy atom. The van der Waals surface area contributed by atoms with E-state index in [0.29, 0.717) is 0 Å². The third kappa shape index (κ3) is 16.8. The van der Waals surface area contributed by atoms with Crippen molar-refractivity contribution in [1.82, 2.24) is 0 Å². The molecule has 0 radical (unpaired) electrons. The first kappa shape index (κ1) is 29.5. The van der Waals surface area contributed by atoms with E-state index in [2.05, 4.69) is 32.1 Å². The minimum absolute atomic E-state index is 0.905. The van der Waals surface area contributed by atoms with Gasteiger partial charge in [-0.3, -0.25) is 0 Å². The molecular weight excluding hydrogens is 408 g/mol. The second-order valence-corrected chi connectivity index (χ2v) is 9.17. The van der Waals surface area contributed by atoms with Gasteiger partial charge in [-0.05, 0) is 37.3 Å². The molecule has 0 fully saturated rings. The molecule has 0 bridgehead atoms. The van der Waals surface area contributed by atoms with Crippen LogP contribution in [0.15, 0.2) is 40.8 Å². The van der Waals surface area contributed by atoms with Gasteiger partial charge in [0, 0.05) is 6.21 Å². The van der Waals surface area contributed by atoms with Crippen LogP contribution in [0.5, 0.6) is 0 Å². The Kier molecular flexibility index (Phi) is 17.2. The number of nitrogens with zero attached hydrogens (tertiary/aromatic N) is 2. The molecule has 0 aliphatic heterocycles. The maximum atomic E-state index is 10.1. The van der Waals surface area contributed by atoms with Crippen LogP contribution in [0, 0.1) is 0 Å². The lowest BCUT2D eigenvalue weighted by Crippen LogP contribution is -2.50. The van der Waals surface area contributed by atoms with Crippen LogP contribution in [0.4, 0.5) is 0 Å². The van der Waals surface area contributed by atoms with E-state index in [1.807, 2.05) is 30.3 Å². The van der Waals surface area contributed by atoms with Crippen molar-refractivity contribution < 1.29 is 17.5 Å². The van der Waals surface area contributed by atoms with Crippen molar-refractivity contribution in [2.45, 2.75) is 79.1 Å². The average Bonchev–Trinajstić information content (AvgIpc) is 2.76. The second kappa shape index (κ2) is 18.1. The third-order valence-electron chi connectivity index (χ3n) is 5.31. The molecule has 31 heavy (non-hydrogen) atoms. The molecule has 1 aromatic rings. The van der Waals surface area contributed by atoms with E-state index in [0.717, 1.165) is 11.8 Å². The van der Waals surface area contributed by atoms with E-state index in [-0.39, 0.29) is 0 Å². The monoisotopic (exact) mass is 452 g/mol. The molecule has 6 heteroatoms. The summed E-state index contributed by atoms with van der Waals surface area (Å²) in [5.74, 6) is 0. The fourth-order valence-electron chi connectivity index (χ4n) is 3.47. The highest BCUT2D eigenvalue weighted by Crippen LogP contribution is 2.16. The van der Waals surface area contributed by atoms with Gasteiger partial charge in [-0.25, -0.2) is 8.42 Å². The Balaban J connectivity index is 0.000000590. The number of hydrogen-bond acceptors (Lipinski definition) is 3. The molecule has 0 aliphatic rings. The van der Waals surface area contributed by atoms with Crippen LogP contribution in [-0.2, 0) is 10.3 Å². The number of hydrogen-bond donors (Lipinski definition) is 0. The van der Waals surface area contributed by atoms with E-state index >= 15 is 0 Å². The van der Waals surface area contributed by atoms with Crippen LogP contribution >= 0.6 is 0 Å². The highest BCUT2D eigenvalue weighted by molar-refractivity contribution is 7.84. The number of rotatable bonds is 15. The van der Waals surface area contributed by atoms with Gasteiger partial charge in [-0.2, -0.15) is 4.40 Å². The van der Waals surface area contributed by atoms with E-state index in [4.69, 9.17) is 0 Å². The molecule has 0 unspecified atom stereocenters. The predicted octanol–water partition coefficient (Wildman–Crippen LogP) is 6.23. The van der Waals surface area contributed by atoms with Crippen LogP contribution < -0.4 is 0 Å². The molecule has 1 aromatic carbocycles. The summed E-state index contributed by atoms with van der Waals surface area (Å²) >= 11 is 0. The number of unbranched alkanes of at least 4 members (excludes halogenated alkanes) is 4. The first-order chi connectivity index (χ1) is 14.8. The molecule has 5 nitrogen and oxygen atoms in total. The molecule has 0 saturated carbocycles. The zero-order chi connectivity index (χ0) is 23.4. The van der Waals surface area contributed by atoms with E-state index in [9.17, 15) is 13.0 Å². The van der Waals surface area contributed by atoms with Gasteiger partial charge in [0.2, 0.25) is 10.3 Å². The molecule has 0 N–H and O–H groups in total. The van der Waals surface area contributed by atoms with E-state index < -0.39 is 10.3 Å². The first-order valence-electron chi connectivity index (χ1n) is 11.9. The van der Waals surface area contributed by atoms with Crippen molar-refractivity contribution in [3.63, 3.8) is 0 Å². The van der Waals surface area contributed by atoms with Crippen molar-refractivity contribution >= 4 is 22.6 Å². The lowest BCUT2D eigenvalue weighted by molar-refractivity contribution is -0.929. The second-order valence-electron chi connectivity index (χ2n) is 8.10. The molecule has 0 aliphatic carbocycles. The molecule has 0 saturated heterocycles. The third-order valence-corrected chi connectivity index (χ3v) is 5.69. The molecule has 1 rings (SSSR count). The van der Waals surface area contributed by atoms with Crippen LogP contribution in [0.2, 0.25) is 0 Å². The fraction of sp³-hybridized carbons (Fsp3) is 0.640. The van der Waals surface area contributed by atoms with Crippen LogP contribution in [0.3, 0.4) is 0 Å². The average molecular weight is 453 g/mol. The molecule has 0 atom stereocenters. The molecule has 0 amide bonds. The van der Waals surface area contributed by atoms with Crippen molar-refractivity contribution in [2.24, 2.45) is 4.40 Å². The Labute approximate surface area is 191 Å². The molecule has 0 heterocycles. The summed E-state index contributed by atoms with van der Waals surface area (Å²) in [6.07, 6.45) is 15.1. The molecule has 0 aromatic heterocycles. The number of allylic oxidation sites excluding steroid dienone is 1. The fourth-order valence-corrected chi connectivity index (χ4v) is 3.69. The van der Waals surface area contributed by atoms with Crippen molar-refractivity contribution in [2.75, 3.05) is 26.2 Å². The van der Waals surface area contributed by atoms with E-state index in [1.54, 1.807) is 6.08 Å². The van der Waals surface area contributed by atoms with Crippen molar-refractivity contribution in [3.05, 3.63) is 42.0 Å². The van der Waals surface area contributed by atoms with Crippen molar-refractivity contribution in [1.29, 1.82) is 0 Å². The summed E-state index contributed by atoms with van der Waals surface area (Å²) in [5.41, 5.74) is 0.905. The Hall–Kier alpha value is -1.50. The Morgan fingerprint density at radius 3 is 1.58 bits per heavy atom. The van der Waals surface area contributed by atoms with E-state index in [1.165, 1.54) is 88.1 Å². The minimum Gasteiger partial charge on any atom is -0.730 e. The Bertz CT molecular complexity index is 663. The summed E-state index contributed by atoms with van der Waals surface area (Å²) in [4.78, 5) is 0. The first-order valence-corrected chi connectivity index (χ1v) is 13.3. The van der Waals surface area contributed by atoms with Gasteiger partial charge in [0.15, 0.2) is 0 Å². The number of quaternary nitrogens is 1. The van der Waals surface area contributed by atoms with Gasteiger partial charge in [0.25, 0.3) is 0 Å². The maximum Gasteiger partial charge on any atom is 0.202 e. The van der Waals surface area contributed by atoms with Crippen molar-refractivity contribution in [3.8, 4) is 0 Å².